The Morgan fingerprint density at radius 1 is 1.11 bits per heavy atom. The van der Waals surface area contributed by atoms with Crippen molar-refractivity contribution < 1.29 is 14.3 Å². The number of benzene rings is 1. The van der Waals surface area contributed by atoms with Crippen molar-refractivity contribution in [3.63, 3.8) is 0 Å². The Bertz CT molecular complexity index is 705. The molecule has 1 N–H and O–H groups in total. The van der Waals surface area contributed by atoms with Crippen molar-refractivity contribution in [2.45, 2.75) is 49.0 Å². The van der Waals surface area contributed by atoms with E-state index in [1.807, 2.05) is 30.5 Å². The topological polar surface area (TPSA) is 55.4 Å². The SMILES string of the molecule is CSc1ccc(C=CC(=O)OCC(=O)NC23CC4CC(CC(C4)C2)C3)cc1. The van der Waals surface area contributed by atoms with Gasteiger partial charge in [-0.05, 0) is 86.3 Å². The Kier molecular flexibility index (Phi) is 5.31. The molecule has 0 aliphatic heterocycles. The second-order valence-corrected chi connectivity index (χ2v) is 9.34. The minimum Gasteiger partial charge on any atom is -0.452 e. The lowest BCUT2D eigenvalue weighted by atomic mass is 9.53. The molecule has 4 aliphatic carbocycles. The molecular formula is C22H27NO3S. The summed E-state index contributed by atoms with van der Waals surface area (Å²) >= 11 is 1.68. The molecular weight excluding hydrogens is 358 g/mol. The summed E-state index contributed by atoms with van der Waals surface area (Å²) in [6, 6.07) is 7.92. The van der Waals surface area contributed by atoms with E-state index in [0.717, 1.165) is 42.6 Å². The highest BCUT2D eigenvalue weighted by Crippen LogP contribution is 2.55. The van der Waals surface area contributed by atoms with E-state index in [1.165, 1.54) is 30.2 Å². The number of thioether (sulfide) groups is 1. The third kappa shape index (κ3) is 4.40. The second-order valence-electron chi connectivity index (χ2n) is 8.46. The number of nitrogens with one attached hydrogen (secondary N) is 1. The van der Waals surface area contributed by atoms with Crippen LogP contribution in [0, 0.1) is 17.8 Å². The third-order valence-electron chi connectivity index (χ3n) is 6.32. The summed E-state index contributed by atoms with van der Waals surface area (Å²) < 4.78 is 5.14. The van der Waals surface area contributed by atoms with Gasteiger partial charge in [-0.2, -0.15) is 0 Å². The van der Waals surface area contributed by atoms with Gasteiger partial charge in [-0.15, -0.1) is 11.8 Å². The number of hydrogen-bond donors (Lipinski definition) is 1. The Morgan fingerprint density at radius 3 is 2.26 bits per heavy atom. The molecule has 0 unspecified atom stereocenters. The number of hydrogen-bond acceptors (Lipinski definition) is 4. The van der Waals surface area contributed by atoms with Crippen molar-refractivity contribution in [1.29, 1.82) is 0 Å². The molecule has 1 amide bonds. The lowest BCUT2D eigenvalue weighted by Crippen LogP contribution is -2.60. The molecule has 0 radical (unpaired) electrons. The molecule has 0 saturated heterocycles. The number of amides is 1. The van der Waals surface area contributed by atoms with Gasteiger partial charge in [-0.1, -0.05) is 12.1 Å². The predicted octanol–water partition coefficient (Wildman–Crippen LogP) is 4.05. The zero-order valence-corrected chi connectivity index (χ0v) is 16.6. The van der Waals surface area contributed by atoms with Gasteiger partial charge in [0.25, 0.3) is 5.91 Å². The number of carbonyl (C=O) groups excluding carboxylic acids is 2. The van der Waals surface area contributed by atoms with Crippen LogP contribution in [0.15, 0.2) is 35.2 Å². The lowest BCUT2D eigenvalue weighted by molar-refractivity contribution is -0.145. The normalized spacial score (nSPS) is 31.2. The van der Waals surface area contributed by atoms with Crippen LogP contribution in [0.25, 0.3) is 6.08 Å². The van der Waals surface area contributed by atoms with Crippen LogP contribution in [0.2, 0.25) is 0 Å². The zero-order valence-electron chi connectivity index (χ0n) is 15.8. The molecule has 0 aromatic heterocycles. The maximum Gasteiger partial charge on any atom is 0.331 e. The fraction of sp³-hybridized carbons (Fsp3) is 0.545. The molecule has 0 heterocycles. The molecule has 1 aromatic carbocycles. The molecule has 4 aliphatic rings. The Hall–Kier alpha value is -1.75. The molecule has 4 fully saturated rings. The molecule has 4 nitrogen and oxygen atoms in total. The van der Waals surface area contributed by atoms with Crippen molar-refractivity contribution in [1.82, 2.24) is 5.32 Å². The van der Waals surface area contributed by atoms with Crippen LogP contribution in [-0.4, -0.2) is 30.3 Å². The van der Waals surface area contributed by atoms with Gasteiger partial charge in [0.15, 0.2) is 6.61 Å². The molecule has 5 heteroatoms. The van der Waals surface area contributed by atoms with Crippen LogP contribution in [0.4, 0.5) is 0 Å². The Balaban J connectivity index is 1.25. The standard InChI is InChI=1S/C22H27NO3S/c1-27-19-5-2-15(3-6-19)4-7-21(25)26-14-20(24)23-22-11-16-8-17(12-22)10-18(9-16)13-22/h2-7,16-18H,8-14H2,1H3,(H,23,24). The highest BCUT2D eigenvalue weighted by atomic mass is 32.2. The molecule has 144 valence electrons. The van der Waals surface area contributed by atoms with E-state index in [4.69, 9.17) is 4.74 Å². The van der Waals surface area contributed by atoms with E-state index >= 15 is 0 Å². The monoisotopic (exact) mass is 385 g/mol. The molecule has 0 spiro atoms. The first-order chi connectivity index (χ1) is 13.0. The van der Waals surface area contributed by atoms with Gasteiger partial charge < -0.3 is 10.1 Å². The van der Waals surface area contributed by atoms with Gasteiger partial charge in [0.05, 0.1) is 0 Å². The van der Waals surface area contributed by atoms with Crippen LogP contribution >= 0.6 is 11.8 Å². The summed E-state index contributed by atoms with van der Waals surface area (Å²) in [5, 5.41) is 3.22. The fourth-order valence-electron chi connectivity index (χ4n) is 5.66. The number of ether oxygens (including phenoxy) is 1. The van der Waals surface area contributed by atoms with Gasteiger partial charge in [0, 0.05) is 16.5 Å². The van der Waals surface area contributed by atoms with Crippen LogP contribution < -0.4 is 5.32 Å². The third-order valence-corrected chi connectivity index (χ3v) is 7.06. The molecule has 4 saturated carbocycles. The van der Waals surface area contributed by atoms with E-state index < -0.39 is 5.97 Å². The van der Waals surface area contributed by atoms with Crippen molar-refractivity contribution in [3.05, 3.63) is 35.9 Å². The first-order valence-corrected chi connectivity index (χ1v) is 11.1. The summed E-state index contributed by atoms with van der Waals surface area (Å²) in [7, 11) is 0. The minimum atomic E-state index is -0.482. The van der Waals surface area contributed by atoms with E-state index in [9.17, 15) is 9.59 Å². The predicted molar refractivity (Wildman–Crippen MR) is 107 cm³/mol. The average molecular weight is 386 g/mol. The zero-order chi connectivity index (χ0) is 18.9. The minimum absolute atomic E-state index is 0.0346. The lowest BCUT2D eigenvalue weighted by Gasteiger charge is -2.56. The number of esters is 1. The van der Waals surface area contributed by atoms with E-state index in [1.54, 1.807) is 17.8 Å². The quantitative estimate of drug-likeness (QED) is 0.456. The molecule has 4 bridgehead atoms. The highest BCUT2D eigenvalue weighted by Gasteiger charge is 2.51. The summed E-state index contributed by atoms with van der Waals surface area (Å²) in [5.74, 6) is 1.69. The van der Waals surface area contributed by atoms with Crippen LogP contribution in [0.1, 0.15) is 44.1 Å². The molecule has 27 heavy (non-hydrogen) atoms. The van der Waals surface area contributed by atoms with Crippen LogP contribution in [0.3, 0.4) is 0 Å². The Morgan fingerprint density at radius 2 is 1.70 bits per heavy atom. The first kappa shape index (κ1) is 18.6. The smallest absolute Gasteiger partial charge is 0.331 e. The van der Waals surface area contributed by atoms with Gasteiger partial charge in [0.2, 0.25) is 0 Å². The van der Waals surface area contributed by atoms with Gasteiger partial charge >= 0.3 is 5.97 Å². The molecule has 0 atom stereocenters. The average Bonchev–Trinajstić information content (AvgIpc) is 2.63. The van der Waals surface area contributed by atoms with Crippen molar-refractivity contribution in [2.24, 2.45) is 17.8 Å². The van der Waals surface area contributed by atoms with Crippen molar-refractivity contribution in [2.75, 3.05) is 12.9 Å². The maximum absolute atomic E-state index is 12.4. The van der Waals surface area contributed by atoms with Crippen molar-refractivity contribution >= 4 is 29.7 Å². The van der Waals surface area contributed by atoms with E-state index in [2.05, 4.69) is 5.32 Å². The summed E-state index contributed by atoms with van der Waals surface area (Å²) in [4.78, 5) is 25.5. The maximum atomic E-state index is 12.4. The number of carbonyl (C=O) groups is 2. The van der Waals surface area contributed by atoms with Gasteiger partial charge in [-0.25, -0.2) is 4.79 Å². The summed E-state index contributed by atoms with van der Waals surface area (Å²) in [6.07, 6.45) is 12.4. The molecule has 5 rings (SSSR count). The van der Waals surface area contributed by atoms with Crippen LogP contribution in [-0.2, 0) is 14.3 Å². The fourth-order valence-corrected chi connectivity index (χ4v) is 6.07. The Labute approximate surface area is 165 Å². The highest BCUT2D eigenvalue weighted by molar-refractivity contribution is 7.98. The molecule has 1 aromatic rings. The summed E-state index contributed by atoms with van der Waals surface area (Å²) in [6.45, 7) is -0.198. The first-order valence-electron chi connectivity index (χ1n) is 9.83. The van der Waals surface area contributed by atoms with E-state index in [-0.39, 0.29) is 18.1 Å². The van der Waals surface area contributed by atoms with Crippen molar-refractivity contribution in [3.8, 4) is 0 Å². The van der Waals surface area contributed by atoms with Gasteiger partial charge in [0.1, 0.15) is 0 Å². The van der Waals surface area contributed by atoms with E-state index in [0.29, 0.717) is 0 Å². The largest absolute Gasteiger partial charge is 0.452 e. The van der Waals surface area contributed by atoms with Crippen LogP contribution in [0.5, 0.6) is 0 Å². The van der Waals surface area contributed by atoms with Gasteiger partial charge in [-0.3, -0.25) is 4.79 Å². The second kappa shape index (κ2) is 7.70. The summed E-state index contributed by atoms with van der Waals surface area (Å²) in [5.41, 5.74) is 0.899. The number of rotatable bonds is 6.